The van der Waals surface area contributed by atoms with Gasteiger partial charge < -0.3 is 14.2 Å². The Kier molecular flexibility index (Phi) is 6.01. The third-order valence-corrected chi connectivity index (χ3v) is 7.27. The predicted octanol–water partition coefficient (Wildman–Crippen LogP) is 4.28. The molecule has 9 heteroatoms. The van der Waals surface area contributed by atoms with Crippen molar-refractivity contribution in [3.05, 3.63) is 52.6 Å². The van der Waals surface area contributed by atoms with Crippen LogP contribution in [0.3, 0.4) is 0 Å². The van der Waals surface area contributed by atoms with Gasteiger partial charge >= 0.3 is 0 Å². The van der Waals surface area contributed by atoms with Crippen LogP contribution in [0.15, 0.2) is 29.4 Å². The largest absolute Gasteiger partial charge is 0.378 e. The normalized spacial score (nSPS) is 16.4. The van der Waals surface area contributed by atoms with Gasteiger partial charge in [-0.1, -0.05) is 17.8 Å². The van der Waals surface area contributed by atoms with E-state index in [1.807, 2.05) is 30.5 Å². The monoisotopic (exact) mass is 469 g/mol. The van der Waals surface area contributed by atoms with Crippen LogP contribution < -0.4 is 4.90 Å². The number of ketones is 1. The van der Waals surface area contributed by atoms with Crippen LogP contribution in [-0.2, 0) is 4.74 Å². The van der Waals surface area contributed by atoms with Gasteiger partial charge in [0.25, 0.3) is 0 Å². The Morgan fingerprint density at radius 1 is 1.15 bits per heavy atom. The lowest BCUT2D eigenvalue weighted by Crippen LogP contribution is -2.38. The molecule has 0 unspecified atom stereocenters. The number of hydrogen-bond donors (Lipinski definition) is 0. The van der Waals surface area contributed by atoms with Crippen molar-refractivity contribution in [2.45, 2.75) is 44.8 Å². The molecule has 0 bridgehead atoms. The second kappa shape index (κ2) is 8.95. The van der Waals surface area contributed by atoms with Gasteiger partial charge in [0.15, 0.2) is 10.9 Å². The van der Waals surface area contributed by atoms with Crippen LogP contribution in [0.25, 0.3) is 5.69 Å². The molecule has 33 heavy (non-hydrogen) atoms. The molecule has 1 aromatic carbocycles. The van der Waals surface area contributed by atoms with Crippen molar-refractivity contribution in [2.24, 2.45) is 0 Å². The second-order valence-electron chi connectivity index (χ2n) is 8.75. The van der Waals surface area contributed by atoms with E-state index in [0.717, 1.165) is 54.1 Å². The first-order chi connectivity index (χ1) is 15.9. The summed E-state index contributed by atoms with van der Waals surface area (Å²) in [6, 6.07) is 7.46. The number of carbonyl (C=O) groups excluding carboxylic acids is 1. The molecule has 0 amide bonds. The van der Waals surface area contributed by atoms with Crippen molar-refractivity contribution >= 4 is 23.5 Å². The number of nitrogens with zero attached hydrogens (tertiary/aromatic N) is 5. The first-order valence-corrected chi connectivity index (χ1v) is 12.3. The highest BCUT2D eigenvalue weighted by Crippen LogP contribution is 2.41. The third kappa shape index (κ3) is 4.31. The highest BCUT2D eigenvalue weighted by atomic mass is 32.2. The Labute approximate surface area is 196 Å². The van der Waals surface area contributed by atoms with Gasteiger partial charge in [-0.2, -0.15) is 0 Å². The van der Waals surface area contributed by atoms with Crippen LogP contribution in [0.4, 0.5) is 10.3 Å². The van der Waals surface area contributed by atoms with Gasteiger partial charge in [-0.25, -0.2) is 4.39 Å². The molecule has 1 saturated carbocycles. The minimum atomic E-state index is -0.251. The summed E-state index contributed by atoms with van der Waals surface area (Å²) in [5, 5.41) is 9.67. The summed E-state index contributed by atoms with van der Waals surface area (Å²) < 4.78 is 23.7. The Morgan fingerprint density at radius 2 is 1.91 bits per heavy atom. The van der Waals surface area contributed by atoms with E-state index in [4.69, 9.17) is 4.74 Å². The van der Waals surface area contributed by atoms with E-state index in [0.29, 0.717) is 30.4 Å². The van der Waals surface area contributed by atoms with Gasteiger partial charge in [0.1, 0.15) is 5.82 Å². The maximum absolute atomic E-state index is 14.1. The number of aromatic nitrogens is 4. The van der Waals surface area contributed by atoms with E-state index in [1.54, 1.807) is 13.0 Å². The van der Waals surface area contributed by atoms with E-state index in [9.17, 15) is 9.18 Å². The molecule has 2 fully saturated rings. The number of benzene rings is 1. The second-order valence-corrected chi connectivity index (χ2v) is 9.69. The lowest BCUT2D eigenvalue weighted by Gasteiger charge is -2.27. The third-order valence-electron chi connectivity index (χ3n) is 6.33. The molecular weight excluding hydrogens is 441 g/mol. The lowest BCUT2D eigenvalue weighted by atomic mass is 10.2. The minimum Gasteiger partial charge on any atom is -0.378 e. The Morgan fingerprint density at radius 3 is 2.61 bits per heavy atom. The molecule has 0 spiro atoms. The maximum atomic E-state index is 14.1. The molecule has 1 aliphatic heterocycles. The molecule has 1 saturated heterocycles. The average Bonchev–Trinajstić information content (AvgIpc) is 3.49. The highest BCUT2D eigenvalue weighted by molar-refractivity contribution is 7.99. The summed E-state index contributed by atoms with van der Waals surface area (Å²) in [6.45, 7) is 8.59. The van der Waals surface area contributed by atoms with Crippen molar-refractivity contribution in [1.29, 1.82) is 0 Å². The SMILES string of the molecule is Cc1ccc(-n2c(C)cc(C(=O)CSc3nnc(N4CCOCC4)n3C3CC3)c2C)cc1F. The Bertz CT molecular complexity index is 1190. The zero-order chi connectivity index (χ0) is 23.1. The lowest BCUT2D eigenvalue weighted by molar-refractivity contribution is 0.102. The molecule has 2 aromatic heterocycles. The highest BCUT2D eigenvalue weighted by Gasteiger charge is 2.32. The number of Topliss-reactive ketones (excluding diaryl/α,β-unsaturated/α-hetero) is 1. The summed E-state index contributed by atoms with van der Waals surface area (Å²) >= 11 is 1.44. The van der Waals surface area contributed by atoms with Crippen LogP contribution in [0.2, 0.25) is 0 Å². The van der Waals surface area contributed by atoms with Crippen LogP contribution in [-0.4, -0.2) is 57.2 Å². The molecule has 2 aliphatic rings. The molecule has 3 aromatic rings. The minimum absolute atomic E-state index is 0.0326. The quantitative estimate of drug-likeness (QED) is 0.380. The summed E-state index contributed by atoms with van der Waals surface area (Å²) in [7, 11) is 0. The fourth-order valence-corrected chi connectivity index (χ4v) is 5.25. The number of anilines is 1. The zero-order valence-electron chi connectivity index (χ0n) is 19.2. The number of ether oxygens (including phenoxy) is 1. The number of halogens is 1. The van der Waals surface area contributed by atoms with Crippen LogP contribution >= 0.6 is 11.8 Å². The Hall–Kier alpha value is -2.65. The molecule has 0 N–H and O–H groups in total. The molecule has 0 radical (unpaired) electrons. The fourth-order valence-electron chi connectivity index (χ4n) is 4.37. The Balaban J connectivity index is 1.35. The zero-order valence-corrected chi connectivity index (χ0v) is 20.0. The smallest absolute Gasteiger partial charge is 0.228 e. The van der Waals surface area contributed by atoms with Crippen molar-refractivity contribution in [3.63, 3.8) is 0 Å². The average molecular weight is 470 g/mol. The molecule has 174 valence electrons. The topological polar surface area (TPSA) is 65.2 Å². The molecule has 0 atom stereocenters. The summed E-state index contributed by atoms with van der Waals surface area (Å²) in [6.07, 6.45) is 2.23. The van der Waals surface area contributed by atoms with E-state index < -0.39 is 0 Å². The van der Waals surface area contributed by atoms with Gasteiger partial charge in [-0.3, -0.25) is 9.36 Å². The number of hydrogen-bond acceptors (Lipinski definition) is 6. The summed E-state index contributed by atoms with van der Waals surface area (Å²) in [5.41, 5.74) is 3.71. The maximum Gasteiger partial charge on any atom is 0.228 e. The molecule has 7 nitrogen and oxygen atoms in total. The van der Waals surface area contributed by atoms with E-state index >= 15 is 0 Å². The fraction of sp³-hybridized carbons (Fsp3) is 0.458. The number of carbonyl (C=O) groups is 1. The number of aryl methyl sites for hydroxylation is 2. The van der Waals surface area contributed by atoms with Crippen LogP contribution in [0.5, 0.6) is 0 Å². The van der Waals surface area contributed by atoms with Crippen molar-refractivity contribution in [2.75, 3.05) is 37.0 Å². The molecular formula is C24H28FN5O2S. The van der Waals surface area contributed by atoms with Gasteiger partial charge in [0.05, 0.1) is 19.0 Å². The molecule has 1 aliphatic carbocycles. The summed E-state index contributed by atoms with van der Waals surface area (Å²) in [4.78, 5) is 15.4. The van der Waals surface area contributed by atoms with Crippen molar-refractivity contribution in [1.82, 2.24) is 19.3 Å². The first kappa shape index (κ1) is 22.2. The van der Waals surface area contributed by atoms with E-state index in [2.05, 4.69) is 19.7 Å². The van der Waals surface area contributed by atoms with Gasteiger partial charge in [0, 0.05) is 41.8 Å². The standard InChI is InChI=1S/C24H28FN5O2S/c1-15-4-5-19(13-21(15)25)29-16(2)12-20(17(29)3)22(31)14-33-24-27-26-23(30(24)18-6-7-18)28-8-10-32-11-9-28/h4-5,12-13,18H,6-11,14H2,1-3H3. The van der Waals surface area contributed by atoms with Gasteiger partial charge in [-0.15, -0.1) is 10.2 Å². The van der Waals surface area contributed by atoms with Gasteiger partial charge in [0.2, 0.25) is 5.95 Å². The molecule has 3 heterocycles. The van der Waals surface area contributed by atoms with Crippen LogP contribution in [0.1, 0.15) is 46.2 Å². The van der Waals surface area contributed by atoms with Crippen LogP contribution in [0, 0.1) is 26.6 Å². The van der Waals surface area contributed by atoms with Crippen molar-refractivity contribution in [3.8, 4) is 5.69 Å². The number of thioether (sulfide) groups is 1. The molecule has 5 rings (SSSR count). The predicted molar refractivity (Wildman–Crippen MR) is 126 cm³/mol. The summed E-state index contributed by atoms with van der Waals surface area (Å²) in [5.74, 6) is 0.944. The number of morpholine rings is 1. The van der Waals surface area contributed by atoms with E-state index in [1.165, 1.54) is 17.8 Å². The van der Waals surface area contributed by atoms with E-state index in [-0.39, 0.29) is 17.4 Å². The van der Waals surface area contributed by atoms with Gasteiger partial charge in [-0.05, 0) is 57.4 Å². The first-order valence-electron chi connectivity index (χ1n) is 11.3. The van der Waals surface area contributed by atoms with Crippen molar-refractivity contribution < 1.29 is 13.9 Å². The number of rotatable bonds is 7.